The molecule has 2 rings (SSSR count). The van der Waals surface area contributed by atoms with E-state index >= 15 is 0 Å². The van der Waals surface area contributed by atoms with Gasteiger partial charge in [-0.1, -0.05) is 20.8 Å². The van der Waals surface area contributed by atoms with Crippen molar-refractivity contribution in [3.63, 3.8) is 0 Å². The van der Waals surface area contributed by atoms with Gasteiger partial charge in [0.15, 0.2) is 0 Å². The summed E-state index contributed by atoms with van der Waals surface area (Å²) < 4.78 is 2.19. The van der Waals surface area contributed by atoms with Crippen molar-refractivity contribution in [3.8, 4) is 0 Å². The Balaban J connectivity index is 2.73. The number of carboxylic acid groups (broad SMARTS) is 1. The summed E-state index contributed by atoms with van der Waals surface area (Å²) >= 11 is 1.78. The van der Waals surface area contributed by atoms with E-state index < -0.39 is 5.97 Å². The molecule has 114 valence electrons. The summed E-state index contributed by atoms with van der Waals surface area (Å²) in [5.41, 5.74) is 1.98. The second kappa shape index (κ2) is 5.72. The summed E-state index contributed by atoms with van der Waals surface area (Å²) in [6.45, 7) is 8.55. The Hall–Kier alpha value is -1.49. The van der Waals surface area contributed by atoms with E-state index in [0.29, 0.717) is 5.56 Å². The van der Waals surface area contributed by atoms with Gasteiger partial charge in [0, 0.05) is 17.2 Å². The molecule has 1 N–H and O–H groups in total. The van der Waals surface area contributed by atoms with E-state index in [1.165, 1.54) is 0 Å². The van der Waals surface area contributed by atoms with Crippen molar-refractivity contribution < 1.29 is 9.90 Å². The predicted octanol–water partition coefficient (Wildman–Crippen LogP) is 3.96. The third-order valence-electron chi connectivity index (χ3n) is 3.46. The van der Waals surface area contributed by atoms with E-state index in [4.69, 9.17) is 4.98 Å². The zero-order valence-corrected chi connectivity index (χ0v) is 14.0. The number of imidazole rings is 1. The van der Waals surface area contributed by atoms with Gasteiger partial charge in [-0.3, -0.25) is 0 Å². The van der Waals surface area contributed by atoms with E-state index in [0.717, 1.165) is 22.6 Å². The maximum absolute atomic E-state index is 11.2. The first kappa shape index (κ1) is 15.9. The monoisotopic (exact) mass is 306 g/mol. The summed E-state index contributed by atoms with van der Waals surface area (Å²) in [6.07, 6.45) is 2.08. The van der Waals surface area contributed by atoms with Gasteiger partial charge in [0.1, 0.15) is 5.82 Å². The van der Waals surface area contributed by atoms with Crippen molar-refractivity contribution in [1.82, 2.24) is 9.55 Å². The molecule has 0 spiro atoms. The second-order valence-electron chi connectivity index (χ2n) is 6.37. The predicted molar refractivity (Wildman–Crippen MR) is 88.5 cm³/mol. The molecule has 0 aliphatic carbocycles. The van der Waals surface area contributed by atoms with E-state index in [9.17, 15) is 9.90 Å². The number of nitrogens with zero attached hydrogens (tertiary/aromatic N) is 2. The number of carboxylic acids is 1. The molecular weight excluding hydrogens is 284 g/mol. The highest BCUT2D eigenvalue weighted by Gasteiger charge is 2.25. The molecule has 0 aliphatic rings. The van der Waals surface area contributed by atoms with Gasteiger partial charge in [-0.05, 0) is 31.4 Å². The quantitative estimate of drug-likeness (QED) is 0.929. The fourth-order valence-corrected chi connectivity index (χ4v) is 3.15. The number of aromatic carboxylic acids is 1. The first-order valence-electron chi connectivity index (χ1n) is 7.00. The van der Waals surface area contributed by atoms with Gasteiger partial charge in [-0.25, -0.2) is 9.78 Å². The van der Waals surface area contributed by atoms with E-state index in [2.05, 4.69) is 38.5 Å². The van der Waals surface area contributed by atoms with E-state index in [-0.39, 0.29) is 11.5 Å². The highest BCUT2D eigenvalue weighted by atomic mass is 32.2. The molecule has 1 aromatic carbocycles. The van der Waals surface area contributed by atoms with Crippen LogP contribution in [0.15, 0.2) is 18.2 Å². The topological polar surface area (TPSA) is 55.1 Å². The number of hydrogen-bond donors (Lipinski definition) is 1. The summed E-state index contributed by atoms with van der Waals surface area (Å²) in [4.78, 5) is 16.0. The lowest BCUT2D eigenvalue weighted by atomic mass is 9.95. The highest BCUT2D eigenvalue weighted by Crippen LogP contribution is 2.31. The Bertz CT molecular complexity index is 671. The lowest BCUT2D eigenvalue weighted by Gasteiger charge is -2.24. The molecule has 5 heteroatoms. The van der Waals surface area contributed by atoms with Crippen molar-refractivity contribution in [2.75, 3.05) is 12.0 Å². The van der Waals surface area contributed by atoms with Gasteiger partial charge in [0.2, 0.25) is 0 Å². The van der Waals surface area contributed by atoms with Gasteiger partial charge in [0.25, 0.3) is 0 Å². The lowest BCUT2D eigenvalue weighted by Crippen LogP contribution is -2.22. The molecule has 0 aliphatic heterocycles. The summed E-state index contributed by atoms with van der Waals surface area (Å²) in [5, 5.41) is 9.21. The molecule has 1 unspecified atom stereocenters. The maximum Gasteiger partial charge on any atom is 0.335 e. The van der Waals surface area contributed by atoms with Crippen molar-refractivity contribution in [2.45, 2.75) is 39.2 Å². The Labute approximate surface area is 129 Å². The summed E-state index contributed by atoms with van der Waals surface area (Å²) in [6, 6.07) is 5.42. The Morgan fingerprint density at radius 1 is 1.43 bits per heavy atom. The molecule has 21 heavy (non-hydrogen) atoms. The second-order valence-corrected chi connectivity index (χ2v) is 7.28. The number of rotatable bonds is 4. The Morgan fingerprint density at radius 3 is 2.62 bits per heavy atom. The zero-order valence-electron chi connectivity index (χ0n) is 13.2. The number of hydrogen-bond acceptors (Lipinski definition) is 3. The number of benzene rings is 1. The van der Waals surface area contributed by atoms with Gasteiger partial charge in [0.05, 0.1) is 16.6 Å². The van der Waals surface area contributed by atoms with Gasteiger partial charge in [-0.15, -0.1) is 0 Å². The maximum atomic E-state index is 11.2. The van der Waals surface area contributed by atoms with Crippen LogP contribution in [-0.4, -0.2) is 32.6 Å². The molecule has 1 atom stereocenters. The van der Waals surface area contributed by atoms with Crippen LogP contribution in [0.4, 0.5) is 0 Å². The minimum absolute atomic E-state index is 0.0882. The van der Waals surface area contributed by atoms with Crippen LogP contribution in [-0.2, 0) is 5.41 Å². The zero-order chi connectivity index (χ0) is 15.8. The molecule has 0 fully saturated rings. The largest absolute Gasteiger partial charge is 0.478 e. The van der Waals surface area contributed by atoms with Crippen LogP contribution in [0.2, 0.25) is 0 Å². The van der Waals surface area contributed by atoms with Crippen LogP contribution >= 0.6 is 11.8 Å². The Kier molecular flexibility index (Phi) is 4.33. The fraction of sp³-hybridized carbons (Fsp3) is 0.500. The molecule has 0 bridgehead atoms. The third-order valence-corrected chi connectivity index (χ3v) is 4.27. The Morgan fingerprint density at radius 2 is 2.10 bits per heavy atom. The standard InChI is InChI=1S/C16H22N2O2S/c1-10(9-21-5)18-13-8-11(14(19)20)6-7-12(13)17-15(18)16(2,3)4/h6-8,10H,9H2,1-5H3,(H,19,20). The van der Waals surface area contributed by atoms with Crippen LogP contribution in [0, 0.1) is 0 Å². The number of fused-ring (bicyclic) bond motifs is 1. The third kappa shape index (κ3) is 3.07. The summed E-state index contributed by atoms with van der Waals surface area (Å²) in [5.74, 6) is 1.06. The van der Waals surface area contributed by atoms with Gasteiger partial charge < -0.3 is 9.67 Å². The fourth-order valence-electron chi connectivity index (χ4n) is 2.52. The molecule has 0 amide bonds. The van der Waals surface area contributed by atoms with Crippen LogP contribution in [0.3, 0.4) is 0 Å². The van der Waals surface area contributed by atoms with Crippen molar-refractivity contribution in [1.29, 1.82) is 0 Å². The van der Waals surface area contributed by atoms with Crippen LogP contribution in [0.1, 0.15) is 49.9 Å². The van der Waals surface area contributed by atoms with Crippen LogP contribution in [0.5, 0.6) is 0 Å². The van der Waals surface area contributed by atoms with Crippen molar-refractivity contribution in [3.05, 3.63) is 29.6 Å². The molecule has 4 nitrogen and oxygen atoms in total. The number of thioether (sulfide) groups is 1. The van der Waals surface area contributed by atoms with Gasteiger partial charge >= 0.3 is 5.97 Å². The smallest absolute Gasteiger partial charge is 0.335 e. The molecule has 0 saturated heterocycles. The SMILES string of the molecule is CSCC(C)n1c(C(C)(C)C)nc2ccc(C(=O)O)cc21. The average molecular weight is 306 g/mol. The molecule has 1 heterocycles. The number of aromatic nitrogens is 2. The van der Waals surface area contributed by atoms with Crippen molar-refractivity contribution >= 4 is 28.8 Å². The first-order chi connectivity index (χ1) is 9.75. The highest BCUT2D eigenvalue weighted by molar-refractivity contribution is 7.98. The first-order valence-corrected chi connectivity index (χ1v) is 8.39. The minimum Gasteiger partial charge on any atom is -0.478 e. The average Bonchev–Trinajstić information content (AvgIpc) is 2.77. The summed E-state index contributed by atoms with van der Waals surface area (Å²) in [7, 11) is 0. The van der Waals surface area contributed by atoms with E-state index in [1.807, 2.05) is 0 Å². The van der Waals surface area contributed by atoms with Gasteiger partial charge in [-0.2, -0.15) is 11.8 Å². The van der Waals surface area contributed by atoms with E-state index in [1.54, 1.807) is 30.0 Å². The van der Waals surface area contributed by atoms with Crippen LogP contribution < -0.4 is 0 Å². The number of carbonyl (C=O) groups is 1. The molecule has 1 aromatic heterocycles. The molecule has 0 radical (unpaired) electrons. The lowest BCUT2D eigenvalue weighted by molar-refractivity contribution is 0.0697. The van der Waals surface area contributed by atoms with Crippen molar-refractivity contribution in [2.24, 2.45) is 0 Å². The normalized spacial score (nSPS) is 13.6. The molecule has 0 saturated carbocycles. The molecule has 2 aromatic rings. The minimum atomic E-state index is -0.903. The van der Waals surface area contributed by atoms with Crippen LogP contribution in [0.25, 0.3) is 11.0 Å². The molecular formula is C16H22N2O2S.